The molecule has 0 N–H and O–H groups in total. The van der Waals surface area contributed by atoms with Gasteiger partial charge in [0.1, 0.15) is 5.37 Å². The molecule has 1 unspecified atom stereocenters. The van der Waals surface area contributed by atoms with Crippen LogP contribution < -0.4 is 4.90 Å². The number of nitrogens with zero attached hydrogens (tertiary/aromatic N) is 2. The molecule has 0 bridgehead atoms. The maximum absolute atomic E-state index is 13.5. The second-order valence-corrected chi connectivity index (χ2v) is 9.61. The molecule has 5 rings (SSSR count). The predicted octanol–water partition coefficient (Wildman–Crippen LogP) is 7.42. The van der Waals surface area contributed by atoms with Gasteiger partial charge in [0.05, 0.1) is 15.1 Å². The van der Waals surface area contributed by atoms with Gasteiger partial charge in [0.15, 0.2) is 5.13 Å². The van der Waals surface area contributed by atoms with Crippen molar-refractivity contribution in [1.82, 2.24) is 4.98 Å². The van der Waals surface area contributed by atoms with Gasteiger partial charge in [-0.1, -0.05) is 94.8 Å². The van der Waals surface area contributed by atoms with Crippen molar-refractivity contribution in [2.45, 2.75) is 5.37 Å². The van der Waals surface area contributed by atoms with Gasteiger partial charge < -0.3 is 0 Å². The van der Waals surface area contributed by atoms with Crippen LogP contribution in [0.15, 0.2) is 77.7 Å². The molecule has 1 aliphatic rings. The van der Waals surface area contributed by atoms with E-state index in [1.807, 2.05) is 78.9 Å². The lowest BCUT2D eigenvalue weighted by Gasteiger charge is -2.21. The fraction of sp³-hybridized carbons (Fsp3) is 0.0435. The topological polar surface area (TPSA) is 33.2 Å². The van der Waals surface area contributed by atoms with Gasteiger partial charge in [0.2, 0.25) is 0 Å². The number of anilines is 1. The highest BCUT2D eigenvalue weighted by atomic mass is 35.5. The van der Waals surface area contributed by atoms with Crippen LogP contribution in [-0.2, 0) is 4.79 Å². The first-order valence-electron chi connectivity index (χ1n) is 9.18. The number of hydrogen-bond donors (Lipinski definition) is 0. The molecule has 4 aromatic rings. The van der Waals surface area contributed by atoms with Gasteiger partial charge in [0, 0.05) is 15.6 Å². The van der Waals surface area contributed by atoms with E-state index >= 15 is 0 Å². The minimum absolute atomic E-state index is 0.108. The Balaban J connectivity index is 1.64. The fourth-order valence-corrected chi connectivity index (χ4v) is 6.13. The van der Waals surface area contributed by atoms with Gasteiger partial charge in [-0.25, -0.2) is 4.98 Å². The average Bonchev–Trinajstić information content (AvgIpc) is 3.31. The molecule has 1 atom stereocenters. The minimum atomic E-state index is -0.305. The van der Waals surface area contributed by atoms with E-state index in [9.17, 15) is 4.79 Å². The Bertz CT molecular complexity index is 1270. The standard InChI is InChI=1S/C23H14Cl2N2OS2/c24-16-9-3-1-7-14(16)13-20-21(28)27(22(29-20)15-8-2-4-10-17(15)25)23-26-18-11-5-6-12-19(18)30-23/h1-13,22H/b20-13-. The summed E-state index contributed by atoms with van der Waals surface area (Å²) in [6, 6.07) is 23.0. The zero-order valence-corrected chi connectivity index (χ0v) is 18.6. The number of rotatable bonds is 3. The molecule has 1 aliphatic heterocycles. The summed E-state index contributed by atoms with van der Waals surface area (Å²) in [5, 5.41) is 1.57. The van der Waals surface area contributed by atoms with Gasteiger partial charge in [-0.2, -0.15) is 0 Å². The second-order valence-electron chi connectivity index (χ2n) is 6.66. The first-order chi connectivity index (χ1) is 14.6. The number of amides is 1. The lowest BCUT2D eigenvalue weighted by Crippen LogP contribution is -2.27. The van der Waals surface area contributed by atoms with Crippen LogP contribution in [0, 0.1) is 0 Å². The van der Waals surface area contributed by atoms with E-state index in [2.05, 4.69) is 0 Å². The Labute approximate surface area is 192 Å². The summed E-state index contributed by atoms with van der Waals surface area (Å²) in [5.74, 6) is -0.108. The molecule has 148 valence electrons. The number of thiazole rings is 1. The fourth-order valence-electron chi connectivity index (χ4n) is 3.31. The van der Waals surface area contributed by atoms with Crippen molar-refractivity contribution < 1.29 is 4.79 Å². The van der Waals surface area contributed by atoms with Crippen LogP contribution in [0.4, 0.5) is 5.13 Å². The summed E-state index contributed by atoms with van der Waals surface area (Å²) in [4.78, 5) is 20.6. The van der Waals surface area contributed by atoms with E-state index in [-0.39, 0.29) is 11.3 Å². The molecule has 1 fully saturated rings. The number of para-hydroxylation sites is 1. The number of thioether (sulfide) groups is 1. The van der Waals surface area contributed by atoms with E-state index in [4.69, 9.17) is 28.2 Å². The molecule has 0 radical (unpaired) electrons. The van der Waals surface area contributed by atoms with Crippen molar-refractivity contribution in [3.63, 3.8) is 0 Å². The Morgan fingerprint density at radius 1 is 0.900 bits per heavy atom. The number of carbonyl (C=O) groups is 1. The van der Waals surface area contributed by atoms with Crippen LogP contribution in [0.3, 0.4) is 0 Å². The molecule has 3 nitrogen and oxygen atoms in total. The van der Waals surface area contributed by atoms with Crippen molar-refractivity contribution in [2.24, 2.45) is 0 Å². The third-order valence-corrected chi connectivity index (χ3v) is 7.71. The molecule has 0 saturated carbocycles. The SMILES string of the molecule is O=C1/C(=C/c2ccccc2Cl)SC(c2ccccc2Cl)N1c1nc2ccccc2s1. The zero-order valence-electron chi connectivity index (χ0n) is 15.5. The predicted molar refractivity (Wildman–Crippen MR) is 128 cm³/mol. The molecule has 7 heteroatoms. The van der Waals surface area contributed by atoms with Crippen LogP contribution in [0.25, 0.3) is 16.3 Å². The van der Waals surface area contributed by atoms with E-state index in [1.54, 1.807) is 4.90 Å². The number of fused-ring (bicyclic) bond motifs is 1. The third-order valence-electron chi connectivity index (χ3n) is 4.75. The summed E-state index contributed by atoms with van der Waals surface area (Å²) < 4.78 is 1.03. The second kappa shape index (κ2) is 8.08. The Kier molecular flexibility index (Phi) is 5.29. The van der Waals surface area contributed by atoms with Gasteiger partial charge in [-0.05, 0) is 35.9 Å². The van der Waals surface area contributed by atoms with Crippen LogP contribution >= 0.6 is 46.3 Å². The number of carbonyl (C=O) groups excluding carboxylic acids is 1. The van der Waals surface area contributed by atoms with Crippen molar-refractivity contribution >= 4 is 73.6 Å². The van der Waals surface area contributed by atoms with Crippen molar-refractivity contribution in [1.29, 1.82) is 0 Å². The first kappa shape index (κ1) is 19.6. The van der Waals surface area contributed by atoms with Crippen molar-refractivity contribution in [2.75, 3.05) is 4.90 Å². The molecular formula is C23H14Cl2N2OS2. The minimum Gasteiger partial charge on any atom is -0.268 e. The maximum atomic E-state index is 13.5. The molecule has 1 amide bonds. The molecule has 1 aromatic heterocycles. The Morgan fingerprint density at radius 3 is 2.37 bits per heavy atom. The number of aromatic nitrogens is 1. The molecule has 30 heavy (non-hydrogen) atoms. The summed E-state index contributed by atoms with van der Waals surface area (Å²) in [6.07, 6.45) is 1.84. The number of hydrogen-bond acceptors (Lipinski definition) is 4. The zero-order chi connectivity index (χ0) is 20.7. The molecular weight excluding hydrogens is 455 g/mol. The first-order valence-corrected chi connectivity index (χ1v) is 11.6. The molecule has 2 heterocycles. The highest BCUT2D eigenvalue weighted by Crippen LogP contribution is 2.51. The lowest BCUT2D eigenvalue weighted by atomic mass is 10.2. The summed E-state index contributed by atoms with van der Waals surface area (Å²) in [5.41, 5.74) is 2.55. The molecule has 0 aliphatic carbocycles. The van der Waals surface area contributed by atoms with Crippen LogP contribution in [0.5, 0.6) is 0 Å². The molecule has 0 spiro atoms. The van der Waals surface area contributed by atoms with Gasteiger partial charge in [-0.3, -0.25) is 9.69 Å². The van der Waals surface area contributed by atoms with Gasteiger partial charge >= 0.3 is 0 Å². The van der Waals surface area contributed by atoms with Crippen LogP contribution in [0.1, 0.15) is 16.5 Å². The van der Waals surface area contributed by atoms with Crippen LogP contribution in [-0.4, -0.2) is 10.9 Å². The van der Waals surface area contributed by atoms with E-state index in [0.29, 0.717) is 20.1 Å². The van der Waals surface area contributed by atoms with Crippen molar-refractivity contribution in [3.8, 4) is 0 Å². The normalized spacial score (nSPS) is 17.9. The largest absolute Gasteiger partial charge is 0.268 e. The maximum Gasteiger partial charge on any atom is 0.267 e. The number of halogens is 2. The van der Waals surface area contributed by atoms with E-state index < -0.39 is 0 Å². The lowest BCUT2D eigenvalue weighted by molar-refractivity contribution is -0.114. The number of benzene rings is 3. The van der Waals surface area contributed by atoms with Crippen LogP contribution in [0.2, 0.25) is 10.0 Å². The summed E-state index contributed by atoms with van der Waals surface area (Å²) in [6.45, 7) is 0. The average molecular weight is 469 g/mol. The van der Waals surface area contributed by atoms with E-state index in [0.717, 1.165) is 21.3 Å². The third kappa shape index (κ3) is 3.52. The Morgan fingerprint density at radius 2 is 1.60 bits per heavy atom. The highest BCUT2D eigenvalue weighted by Gasteiger charge is 2.40. The summed E-state index contributed by atoms with van der Waals surface area (Å²) >= 11 is 15.8. The smallest absolute Gasteiger partial charge is 0.267 e. The monoisotopic (exact) mass is 468 g/mol. The van der Waals surface area contributed by atoms with E-state index in [1.165, 1.54) is 23.1 Å². The van der Waals surface area contributed by atoms with Gasteiger partial charge in [0.25, 0.3) is 5.91 Å². The Hall–Kier alpha value is -2.31. The quantitative estimate of drug-likeness (QED) is 0.293. The van der Waals surface area contributed by atoms with Crippen molar-refractivity contribution in [3.05, 3.63) is 98.9 Å². The van der Waals surface area contributed by atoms with Gasteiger partial charge in [-0.15, -0.1) is 0 Å². The highest BCUT2D eigenvalue weighted by molar-refractivity contribution is 8.05. The summed E-state index contributed by atoms with van der Waals surface area (Å²) in [7, 11) is 0. The molecule has 3 aromatic carbocycles. The molecule has 1 saturated heterocycles.